The number of benzene rings is 1. The number of methoxy groups -OCH3 is 2. The second-order valence-electron chi connectivity index (χ2n) is 5.44. The molecule has 0 radical (unpaired) electrons. The zero-order valence-electron chi connectivity index (χ0n) is 14.6. The number of hydrogen-bond donors (Lipinski definition) is 1. The van der Waals surface area contributed by atoms with E-state index in [-0.39, 0.29) is 11.8 Å². The van der Waals surface area contributed by atoms with Crippen LogP contribution in [0.5, 0.6) is 11.5 Å². The van der Waals surface area contributed by atoms with Crippen molar-refractivity contribution in [3.05, 3.63) is 35.8 Å². The highest BCUT2D eigenvalue weighted by atomic mass is 19.1. The standard InChI is InChI=1S/C17H20FN5O3/c1-24-13-4-3-12(15(9-13)25-2)10-20-22-17-19-11-14(18)16(21-17)23-5-7-26-8-6-23/h3-4,9-11H,5-8H2,1-2H3,(H,19,21,22)/b20-10+. The van der Waals surface area contributed by atoms with Gasteiger partial charge in [0.15, 0.2) is 11.6 Å². The predicted octanol–water partition coefficient (Wildman–Crippen LogP) is 1.92. The highest BCUT2D eigenvalue weighted by Gasteiger charge is 2.17. The Labute approximate surface area is 150 Å². The molecule has 3 rings (SSSR count). The summed E-state index contributed by atoms with van der Waals surface area (Å²) in [6, 6.07) is 5.37. The molecule has 138 valence electrons. The van der Waals surface area contributed by atoms with E-state index in [9.17, 15) is 4.39 Å². The summed E-state index contributed by atoms with van der Waals surface area (Å²) in [5.74, 6) is 1.27. The molecule has 1 N–H and O–H groups in total. The van der Waals surface area contributed by atoms with E-state index in [4.69, 9.17) is 14.2 Å². The molecule has 0 amide bonds. The zero-order valence-corrected chi connectivity index (χ0v) is 14.6. The van der Waals surface area contributed by atoms with Crippen LogP contribution in [0.2, 0.25) is 0 Å². The van der Waals surface area contributed by atoms with E-state index in [1.807, 2.05) is 11.0 Å². The van der Waals surface area contributed by atoms with E-state index in [2.05, 4.69) is 20.5 Å². The highest BCUT2D eigenvalue weighted by molar-refractivity contribution is 5.84. The van der Waals surface area contributed by atoms with Crippen molar-refractivity contribution >= 4 is 18.0 Å². The number of hydrogen-bond acceptors (Lipinski definition) is 8. The van der Waals surface area contributed by atoms with Crippen molar-refractivity contribution in [1.82, 2.24) is 9.97 Å². The van der Waals surface area contributed by atoms with Gasteiger partial charge in [0.25, 0.3) is 0 Å². The van der Waals surface area contributed by atoms with Gasteiger partial charge in [-0.1, -0.05) is 0 Å². The molecule has 8 nitrogen and oxygen atoms in total. The Morgan fingerprint density at radius 3 is 2.81 bits per heavy atom. The molecule has 1 fully saturated rings. The van der Waals surface area contributed by atoms with Crippen LogP contribution >= 0.6 is 0 Å². The molecule has 9 heteroatoms. The Hall–Kier alpha value is -2.94. The molecule has 1 saturated heterocycles. The molecule has 0 atom stereocenters. The van der Waals surface area contributed by atoms with Gasteiger partial charge in [-0.15, -0.1) is 0 Å². The van der Waals surface area contributed by atoms with E-state index in [1.165, 1.54) is 0 Å². The molecule has 1 aliphatic rings. The van der Waals surface area contributed by atoms with E-state index in [1.54, 1.807) is 32.6 Å². The Morgan fingerprint density at radius 2 is 2.08 bits per heavy atom. The van der Waals surface area contributed by atoms with Crippen molar-refractivity contribution < 1.29 is 18.6 Å². The maximum Gasteiger partial charge on any atom is 0.245 e. The van der Waals surface area contributed by atoms with E-state index >= 15 is 0 Å². The average molecular weight is 361 g/mol. The van der Waals surface area contributed by atoms with Crippen molar-refractivity contribution in [3.8, 4) is 11.5 Å². The molecule has 0 unspecified atom stereocenters. The maximum absolute atomic E-state index is 14.0. The molecule has 26 heavy (non-hydrogen) atoms. The van der Waals surface area contributed by atoms with Crippen molar-refractivity contribution in [2.75, 3.05) is 50.8 Å². The van der Waals surface area contributed by atoms with Gasteiger partial charge < -0.3 is 19.1 Å². The van der Waals surface area contributed by atoms with Gasteiger partial charge in [0.2, 0.25) is 5.95 Å². The first-order valence-corrected chi connectivity index (χ1v) is 8.07. The van der Waals surface area contributed by atoms with Gasteiger partial charge >= 0.3 is 0 Å². The van der Waals surface area contributed by atoms with Gasteiger partial charge in [-0.2, -0.15) is 10.1 Å². The summed E-state index contributed by atoms with van der Waals surface area (Å²) in [4.78, 5) is 9.94. The SMILES string of the molecule is COc1ccc(/C=N/Nc2ncc(F)c(N3CCOCC3)n2)c(OC)c1. The molecular formula is C17H20FN5O3. The van der Waals surface area contributed by atoms with Gasteiger partial charge in [0.05, 0.1) is 39.8 Å². The summed E-state index contributed by atoms with van der Waals surface area (Å²) in [6.07, 6.45) is 2.70. The van der Waals surface area contributed by atoms with Crippen LogP contribution in [0.1, 0.15) is 5.56 Å². The van der Waals surface area contributed by atoms with Crippen molar-refractivity contribution in [1.29, 1.82) is 0 Å². The summed E-state index contributed by atoms with van der Waals surface area (Å²) < 4.78 is 29.8. The molecule has 0 bridgehead atoms. The largest absolute Gasteiger partial charge is 0.497 e. The Bertz CT molecular complexity index is 781. The van der Waals surface area contributed by atoms with Crippen LogP contribution in [0.4, 0.5) is 16.2 Å². The van der Waals surface area contributed by atoms with Crippen molar-refractivity contribution in [3.63, 3.8) is 0 Å². The fraction of sp³-hybridized carbons (Fsp3) is 0.353. The minimum atomic E-state index is -0.474. The smallest absolute Gasteiger partial charge is 0.245 e. The number of nitrogens with zero attached hydrogens (tertiary/aromatic N) is 4. The van der Waals surface area contributed by atoms with Crippen LogP contribution in [-0.2, 0) is 4.74 Å². The minimum absolute atomic E-state index is 0.205. The topological polar surface area (TPSA) is 81.1 Å². The summed E-state index contributed by atoms with van der Waals surface area (Å²) in [5, 5.41) is 4.11. The van der Waals surface area contributed by atoms with Gasteiger partial charge in [-0.3, -0.25) is 0 Å². The Kier molecular flexibility index (Phi) is 5.80. The molecule has 0 spiro atoms. The minimum Gasteiger partial charge on any atom is -0.497 e. The first-order chi connectivity index (χ1) is 12.7. The predicted molar refractivity (Wildman–Crippen MR) is 95.8 cm³/mol. The summed E-state index contributed by atoms with van der Waals surface area (Å²) in [5.41, 5.74) is 3.46. The van der Waals surface area contributed by atoms with Crippen LogP contribution in [-0.4, -0.2) is 56.7 Å². The molecular weight excluding hydrogens is 341 g/mol. The highest BCUT2D eigenvalue weighted by Crippen LogP contribution is 2.23. The Morgan fingerprint density at radius 1 is 1.27 bits per heavy atom. The molecule has 2 heterocycles. The maximum atomic E-state index is 14.0. The first-order valence-electron chi connectivity index (χ1n) is 8.07. The normalized spacial score (nSPS) is 14.5. The number of ether oxygens (including phenoxy) is 3. The lowest BCUT2D eigenvalue weighted by molar-refractivity contribution is 0.122. The molecule has 1 aromatic carbocycles. The van der Waals surface area contributed by atoms with Gasteiger partial charge in [-0.25, -0.2) is 14.8 Å². The average Bonchev–Trinajstić information content (AvgIpc) is 2.70. The first kappa shape index (κ1) is 17.9. The second-order valence-corrected chi connectivity index (χ2v) is 5.44. The third kappa shape index (κ3) is 4.17. The molecule has 1 aromatic heterocycles. The summed E-state index contributed by atoms with van der Waals surface area (Å²) in [6.45, 7) is 2.25. The van der Waals surface area contributed by atoms with Crippen LogP contribution in [0, 0.1) is 5.82 Å². The lowest BCUT2D eigenvalue weighted by Crippen LogP contribution is -2.37. The Balaban J connectivity index is 1.72. The fourth-order valence-electron chi connectivity index (χ4n) is 2.49. The molecule has 0 aliphatic carbocycles. The van der Waals surface area contributed by atoms with Crippen LogP contribution in [0.25, 0.3) is 0 Å². The van der Waals surface area contributed by atoms with Crippen molar-refractivity contribution in [2.24, 2.45) is 5.10 Å². The quantitative estimate of drug-likeness (QED) is 0.622. The van der Waals surface area contributed by atoms with Gasteiger partial charge in [0.1, 0.15) is 11.5 Å². The van der Waals surface area contributed by atoms with E-state index in [0.717, 1.165) is 11.8 Å². The molecule has 0 saturated carbocycles. The molecule has 2 aromatic rings. The number of aromatic nitrogens is 2. The number of rotatable bonds is 6. The number of hydrazone groups is 1. The number of nitrogens with one attached hydrogen (secondary N) is 1. The second kappa shape index (κ2) is 8.43. The third-order valence-corrected chi connectivity index (χ3v) is 3.85. The van der Waals surface area contributed by atoms with Crippen LogP contribution in [0.15, 0.2) is 29.5 Å². The lowest BCUT2D eigenvalue weighted by atomic mass is 10.2. The van der Waals surface area contributed by atoms with E-state index < -0.39 is 5.82 Å². The van der Waals surface area contributed by atoms with Gasteiger partial charge in [0, 0.05) is 24.7 Å². The molecule has 1 aliphatic heterocycles. The monoisotopic (exact) mass is 361 g/mol. The summed E-state index contributed by atoms with van der Waals surface area (Å²) >= 11 is 0. The summed E-state index contributed by atoms with van der Waals surface area (Å²) in [7, 11) is 3.15. The van der Waals surface area contributed by atoms with Crippen LogP contribution in [0.3, 0.4) is 0 Å². The van der Waals surface area contributed by atoms with Gasteiger partial charge in [-0.05, 0) is 12.1 Å². The fourth-order valence-corrected chi connectivity index (χ4v) is 2.49. The number of anilines is 2. The zero-order chi connectivity index (χ0) is 18.4. The van der Waals surface area contributed by atoms with Crippen LogP contribution < -0.4 is 19.8 Å². The number of morpholine rings is 1. The van der Waals surface area contributed by atoms with Crippen molar-refractivity contribution in [2.45, 2.75) is 0 Å². The number of halogens is 1. The van der Waals surface area contributed by atoms with E-state index in [0.29, 0.717) is 37.8 Å². The lowest BCUT2D eigenvalue weighted by Gasteiger charge is -2.27. The third-order valence-electron chi connectivity index (χ3n) is 3.85.